The summed E-state index contributed by atoms with van der Waals surface area (Å²) < 4.78 is 44.7. The SMILES string of the molecule is COc1c(C(F)(F)F)cc(Br)cc1C1(CN)CCC1. The monoisotopic (exact) mass is 337 g/mol. The minimum Gasteiger partial charge on any atom is -0.496 e. The predicted octanol–water partition coefficient (Wildman–Crippen LogP) is 3.86. The average Bonchev–Trinajstić information content (AvgIpc) is 2.26. The van der Waals surface area contributed by atoms with E-state index in [9.17, 15) is 13.2 Å². The van der Waals surface area contributed by atoms with E-state index < -0.39 is 11.7 Å². The van der Waals surface area contributed by atoms with Crippen LogP contribution in [-0.2, 0) is 11.6 Å². The molecule has 1 saturated carbocycles. The van der Waals surface area contributed by atoms with Gasteiger partial charge in [0.1, 0.15) is 5.75 Å². The molecule has 0 saturated heterocycles. The zero-order chi connectivity index (χ0) is 14.3. The highest BCUT2D eigenvalue weighted by Crippen LogP contribution is 2.50. The standard InChI is InChI=1S/C13H15BrF3NO/c1-19-11-9(12(7-18)3-2-4-12)5-8(14)6-10(11)13(15,16)17/h5-6H,2-4,7,18H2,1H3. The lowest BCUT2D eigenvalue weighted by molar-refractivity contribution is -0.138. The van der Waals surface area contributed by atoms with E-state index >= 15 is 0 Å². The Bertz CT molecular complexity index is 478. The van der Waals surface area contributed by atoms with E-state index in [2.05, 4.69) is 15.9 Å². The molecule has 0 heterocycles. The Morgan fingerprint density at radius 3 is 2.37 bits per heavy atom. The highest BCUT2D eigenvalue weighted by molar-refractivity contribution is 9.10. The first kappa shape index (κ1) is 14.7. The van der Waals surface area contributed by atoms with Gasteiger partial charge < -0.3 is 10.5 Å². The molecule has 1 fully saturated rings. The molecule has 106 valence electrons. The molecule has 0 amide bonds. The van der Waals surface area contributed by atoms with Gasteiger partial charge in [0.15, 0.2) is 0 Å². The maximum atomic E-state index is 13.1. The van der Waals surface area contributed by atoms with Crippen molar-refractivity contribution in [3.05, 3.63) is 27.7 Å². The predicted molar refractivity (Wildman–Crippen MR) is 70.3 cm³/mol. The summed E-state index contributed by atoms with van der Waals surface area (Å²) in [7, 11) is 1.27. The minimum atomic E-state index is -4.44. The average molecular weight is 338 g/mol. The highest BCUT2D eigenvalue weighted by atomic mass is 79.9. The van der Waals surface area contributed by atoms with Crippen LogP contribution in [0.25, 0.3) is 0 Å². The lowest BCUT2D eigenvalue weighted by Gasteiger charge is -2.42. The van der Waals surface area contributed by atoms with Gasteiger partial charge in [0.05, 0.1) is 12.7 Å². The number of rotatable bonds is 3. The van der Waals surface area contributed by atoms with Gasteiger partial charge in [0.25, 0.3) is 0 Å². The summed E-state index contributed by atoms with van der Waals surface area (Å²) in [5.74, 6) is -0.0964. The third kappa shape index (κ3) is 2.48. The van der Waals surface area contributed by atoms with Crippen molar-refractivity contribution in [3.8, 4) is 5.75 Å². The topological polar surface area (TPSA) is 35.2 Å². The summed E-state index contributed by atoms with van der Waals surface area (Å²) >= 11 is 3.15. The van der Waals surface area contributed by atoms with Crippen LogP contribution < -0.4 is 10.5 Å². The molecule has 1 aliphatic carbocycles. The van der Waals surface area contributed by atoms with Crippen LogP contribution in [0.1, 0.15) is 30.4 Å². The Morgan fingerprint density at radius 2 is 2.00 bits per heavy atom. The van der Waals surface area contributed by atoms with Gasteiger partial charge >= 0.3 is 6.18 Å². The van der Waals surface area contributed by atoms with E-state index in [1.807, 2.05) is 0 Å². The lowest BCUT2D eigenvalue weighted by atomic mass is 9.64. The largest absolute Gasteiger partial charge is 0.496 e. The molecule has 2 nitrogen and oxygen atoms in total. The zero-order valence-corrected chi connectivity index (χ0v) is 12.1. The fourth-order valence-electron chi connectivity index (χ4n) is 2.60. The first-order valence-corrected chi connectivity index (χ1v) is 6.78. The third-order valence-electron chi connectivity index (χ3n) is 3.84. The van der Waals surface area contributed by atoms with Gasteiger partial charge in [-0.25, -0.2) is 0 Å². The molecule has 1 aliphatic rings. The van der Waals surface area contributed by atoms with Gasteiger partial charge in [-0.2, -0.15) is 13.2 Å². The Labute approximate surface area is 118 Å². The molecular weight excluding hydrogens is 323 g/mol. The molecule has 19 heavy (non-hydrogen) atoms. The van der Waals surface area contributed by atoms with Gasteiger partial charge in [0, 0.05) is 22.0 Å². The molecule has 1 aromatic rings. The molecule has 0 bridgehead atoms. The van der Waals surface area contributed by atoms with Crippen molar-refractivity contribution in [3.63, 3.8) is 0 Å². The quantitative estimate of drug-likeness (QED) is 0.908. The smallest absolute Gasteiger partial charge is 0.420 e. The van der Waals surface area contributed by atoms with Crippen molar-refractivity contribution in [2.75, 3.05) is 13.7 Å². The van der Waals surface area contributed by atoms with Crippen LogP contribution >= 0.6 is 15.9 Å². The Hall–Kier alpha value is -0.750. The second kappa shape index (κ2) is 4.98. The molecular formula is C13H15BrF3NO. The van der Waals surface area contributed by atoms with Gasteiger partial charge in [-0.3, -0.25) is 0 Å². The van der Waals surface area contributed by atoms with Crippen LogP contribution in [0, 0.1) is 0 Å². The number of benzene rings is 1. The van der Waals surface area contributed by atoms with Crippen LogP contribution in [0.5, 0.6) is 5.75 Å². The van der Waals surface area contributed by atoms with Crippen molar-refractivity contribution in [2.45, 2.75) is 30.9 Å². The molecule has 0 radical (unpaired) electrons. The molecule has 2 rings (SSSR count). The number of methoxy groups -OCH3 is 1. The van der Waals surface area contributed by atoms with E-state index in [4.69, 9.17) is 10.5 Å². The number of hydrogen-bond acceptors (Lipinski definition) is 2. The van der Waals surface area contributed by atoms with Crippen molar-refractivity contribution < 1.29 is 17.9 Å². The van der Waals surface area contributed by atoms with E-state index in [0.29, 0.717) is 16.6 Å². The summed E-state index contributed by atoms with van der Waals surface area (Å²) in [6.07, 6.45) is -1.86. The summed E-state index contributed by atoms with van der Waals surface area (Å²) in [6.45, 7) is 0.330. The summed E-state index contributed by atoms with van der Waals surface area (Å²) in [5.41, 5.74) is 5.21. The Balaban J connectivity index is 2.64. The maximum absolute atomic E-state index is 13.1. The molecule has 0 unspecified atom stereocenters. The Morgan fingerprint density at radius 1 is 1.37 bits per heavy atom. The number of alkyl halides is 3. The zero-order valence-electron chi connectivity index (χ0n) is 10.5. The van der Waals surface area contributed by atoms with E-state index in [1.165, 1.54) is 7.11 Å². The normalized spacial score (nSPS) is 18.0. The Kier molecular flexibility index (Phi) is 3.84. The molecule has 0 aliphatic heterocycles. The number of ether oxygens (including phenoxy) is 1. The second-order valence-corrected chi connectivity index (χ2v) is 5.79. The van der Waals surface area contributed by atoms with Crippen LogP contribution in [0.4, 0.5) is 13.2 Å². The molecule has 0 atom stereocenters. The third-order valence-corrected chi connectivity index (χ3v) is 4.29. The summed E-state index contributed by atoms with van der Waals surface area (Å²) in [4.78, 5) is 0. The first-order chi connectivity index (χ1) is 8.84. The molecule has 6 heteroatoms. The van der Waals surface area contributed by atoms with Crippen LogP contribution in [0.15, 0.2) is 16.6 Å². The van der Waals surface area contributed by atoms with Gasteiger partial charge in [-0.05, 0) is 25.0 Å². The van der Waals surface area contributed by atoms with Crippen molar-refractivity contribution in [1.29, 1.82) is 0 Å². The summed E-state index contributed by atoms with van der Waals surface area (Å²) in [6, 6.07) is 2.74. The number of hydrogen-bond donors (Lipinski definition) is 1. The first-order valence-electron chi connectivity index (χ1n) is 5.99. The van der Waals surface area contributed by atoms with Crippen LogP contribution in [-0.4, -0.2) is 13.7 Å². The van der Waals surface area contributed by atoms with E-state index in [-0.39, 0.29) is 11.2 Å². The molecule has 0 aromatic heterocycles. The van der Waals surface area contributed by atoms with Crippen molar-refractivity contribution >= 4 is 15.9 Å². The highest BCUT2D eigenvalue weighted by Gasteiger charge is 2.43. The maximum Gasteiger partial charge on any atom is 0.420 e. The van der Waals surface area contributed by atoms with Gasteiger partial charge in [-0.15, -0.1) is 0 Å². The van der Waals surface area contributed by atoms with Crippen molar-refractivity contribution in [2.24, 2.45) is 5.73 Å². The second-order valence-electron chi connectivity index (χ2n) is 4.87. The van der Waals surface area contributed by atoms with Gasteiger partial charge in [0.2, 0.25) is 0 Å². The minimum absolute atomic E-state index is 0.0964. The van der Waals surface area contributed by atoms with E-state index in [1.54, 1.807) is 6.07 Å². The van der Waals surface area contributed by atoms with E-state index in [0.717, 1.165) is 25.3 Å². The number of nitrogens with two attached hydrogens (primary N) is 1. The fourth-order valence-corrected chi connectivity index (χ4v) is 3.06. The summed E-state index contributed by atoms with van der Waals surface area (Å²) in [5, 5.41) is 0. The van der Waals surface area contributed by atoms with Crippen LogP contribution in [0.2, 0.25) is 0 Å². The van der Waals surface area contributed by atoms with Crippen LogP contribution in [0.3, 0.4) is 0 Å². The molecule has 1 aromatic carbocycles. The fraction of sp³-hybridized carbons (Fsp3) is 0.538. The lowest BCUT2D eigenvalue weighted by Crippen LogP contribution is -2.42. The molecule has 0 spiro atoms. The number of halogens is 4. The molecule has 2 N–H and O–H groups in total. The van der Waals surface area contributed by atoms with Crippen molar-refractivity contribution in [1.82, 2.24) is 0 Å². The van der Waals surface area contributed by atoms with Gasteiger partial charge in [-0.1, -0.05) is 22.4 Å².